The minimum absolute atomic E-state index is 1.03. The molecule has 0 rings (SSSR count). The van der Waals surface area contributed by atoms with Crippen LogP contribution in [0.4, 0.5) is 48.3 Å². The summed E-state index contributed by atoms with van der Waals surface area (Å²) in [7, 11) is -4.68. The molecule has 0 aliphatic heterocycles. The van der Waals surface area contributed by atoms with Gasteiger partial charge in [0.1, 0.15) is 6.10 Å². The van der Waals surface area contributed by atoms with E-state index in [4.69, 9.17) is 9.66 Å². The zero-order chi connectivity index (χ0) is 23.0. The summed E-state index contributed by atoms with van der Waals surface area (Å²) in [5, 5.41) is 10.2. The molecule has 0 spiro atoms. The molecule has 6 nitrogen and oxygen atoms in total. The first-order chi connectivity index (χ1) is 12.0. The van der Waals surface area contributed by atoms with Gasteiger partial charge in [-0.1, -0.05) is 0 Å². The van der Waals surface area contributed by atoms with Crippen molar-refractivity contribution in [1.29, 1.82) is 0 Å². The smallest absolute Gasteiger partial charge is 0.386 e. The van der Waals surface area contributed by atoms with E-state index in [9.17, 15) is 61.5 Å². The fourth-order valence-corrected chi connectivity index (χ4v) is 1.85. The van der Waals surface area contributed by atoms with E-state index in [2.05, 4.69) is 0 Å². The van der Waals surface area contributed by atoms with Crippen molar-refractivity contribution in [2.45, 2.75) is 42.4 Å². The average molecular weight is 465 g/mol. The first kappa shape index (κ1) is 26.6. The van der Waals surface area contributed by atoms with Gasteiger partial charge in [-0.15, -0.1) is 0 Å². The van der Waals surface area contributed by atoms with Gasteiger partial charge >= 0.3 is 29.9 Å². The van der Waals surface area contributed by atoms with Crippen LogP contribution in [0.5, 0.6) is 0 Å². The summed E-state index contributed by atoms with van der Waals surface area (Å²) < 4.78 is 169. The quantitative estimate of drug-likeness (QED) is 0.356. The zero-order valence-corrected chi connectivity index (χ0v) is 13.7. The molecule has 0 fully saturated rings. The number of aliphatic hydroxyl groups is 1. The van der Waals surface area contributed by atoms with Crippen molar-refractivity contribution in [3.8, 4) is 0 Å². The average Bonchev–Trinajstić information content (AvgIpc) is 2.43. The van der Waals surface area contributed by atoms with Gasteiger partial charge in [0.2, 0.25) is 5.91 Å². The number of aliphatic hydroxyl groups excluding tert-OH is 1. The fraction of sp³-hybridized carbons (Fsp3) is 0.900. The van der Waals surface area contributed by atoms with Gasteiger partial charge in [-0.25, -0.2) is 0 Å². The fourth-order valence-electron chi connectivity index (χ4n) is 1.49. The van der Waals surface area contributed by atoms with Gasteiger partial charge in [0.05, 0.1) is 12.2 Å². The first-order valence-electron chi connectivity index (χ1n) is 6.50. The van der Waals surface area contributed by atoms with Crippen LogP contribution in [-0.2, 0) is 14.9 Å². The highest BCUT2D eigenvalue weighted by molar-refractivity contribution is 7.85. The second kappa shape index (κ2) is 7.77. The molecule has 168 valence electrons. The van der Waals surface area contributed by atoms with E-state index >= 15 is 0 Å². The molecular formula is C10H10F11NO5S. The number of carbonyl (C=O) groups is 1. The van der Waals surface area contributed by atoms with Gasteiger partial charge in [0.25, 0.3) is 10.1 Å². The predicted octanol–water partition coefficient (Wildman–Crippen LogP) is 1.84. The van der Waals surface area contributed by atoms with Crippen molar-refractivity contribution in [1.82, 2.24) is 5.32 Å². The van der Waals surface area contributed by atoms with Crippen molar-refractivity contribution >= 4 is 16.0 Å². The van der Waals surface area contributed by atoms with E-state index < -0.39 is 70.7 Å². The van der Waals surface area contributed by atoms with Gasteiger partial charge in [-0.2, -0.15) is 56.7 Å². The van der Waals surface area contributed by atoms with Crippen molar-refractivity contribution < 1.29 is 71.2 Å². The number of rotatable bonds is 9. The van der Waals surface area contributed by atoms with E-state index in [0.717, 1.165) is 0 Å². The third-order valence-electron chi connectivity index (χ3n) is 3.04. The first-order valence-corrected chi connectivity index (χ1v) is 8.11. The maximum atomic E-state index is 13.4. The van der Waals surface area contributed by atoms with Crippen LogP contribution in [-0.4, -0.2) is 72.3 Å². The normalized spacial score (nSPS) is 16.0. The van der Waals surface area contributed by atoms with E-state index in [1.54, 1.807) is 0 Å². The lowest BCUT2D eigenvalue weighted by molar-refractivity contribution is -0.428. The molecule has 0 radical (unpaired) electrons. The Morgan fingerprint density at radius 1 is 0.857 bits per heavy atom. The van der Waals surface area contributed by atoms with E-state index in [-0.39, 0.29) is 0 Å². The highest BCUT2D eigenvalue weighted by Gasteiger charge is 2.87. The van der Waals surface area contributed by atoms with Crippen molar-refractivity contribution in [3.05, 3.63) is 0 Å². The Bertz CT molecular complexity index is 676. The lowest BCUT2D eigenvalue weighted by Gasteiger charge is -2.38. The molecule has 0 aliphatic rings. The predicted molar refractivity (Wildman–Crippen MR) is 65.9 cm³/mol. The van der Waals surface area contributed by atoms with Gasteiger partial charge in [0, 0.05) is 6.54 Å². The van der Waals surface area contributed by atoms with Crippen LogP contribution in [0.25, 0.3) is 0 Å². The number of nitrogens with one attached hydrogen (secondary N) is 1. The number of hydrogen-bond donors (Lipinski definition) is 3. The molecule has 0 aromatic heterocycles. The maximum absolute atomic E-state index is 13.4. The number of alkyl halides is 11. The summed E-state index contributed by atoms with van der Waals surface area (Å²) in [6, 6.07) is 0. The Labute approximate surface area is 148 Å². The molecule has 0 saturated heterocycles. The highest BCUT2D eigenvalue weighted by atomic mass is 32.2. The maximum Gasteiger partial charge on any atom is 0.460 e. The summed E-state index contributed by atoms with van der Waals surface area (Å²) in [4.78, 5) is 11.1. The molecule has 28 heavy (non-hydrogen) atoms. The lowest BCUT2D eigenvalue weighted by Crippen LogP contribution is -2.68. The molecule has 1 amide bonds. The second-order valence-electron chi connectivity index (χ2n) is 5.20. The Balaban J connectivity index is 5.51. The number of amides is 1. The standard InChI is InChI=1S/C10H10F11NO5S/c11-6(12,4(23)3-5(24)22-1-2-28(25,26)27)7(13,14)8(15,16)9(17,18)10(19,20)21/h4,23H,1-3H2,(H,22,24)(H,25,26,27). The molecule has 18 heteroatoms. The molecule has 0 aliphatic carbocycles. The van der Waals surface area contributed by atoms with Gasteiger partial charge < -0.3 is 10.4 Å². The van der Waals surface area contributed by atoms with Crippen LogP contribution in [0.2, 0.25) is 0 Å². The molecule has 0 saturated carbocycles. The van der Waals surface area contributed by atoms with E-state index in [0.29, 0.717) is 0 Å². The Morgan fingerprint density at radius 2 is 1.29 bits per heavy atom. The van der Waals surface area contributed by atoms with Crippen LogP contribution < -0.4 is 5.32 Å². The molecule has 0 aromatic rings. The minimum atomic E-state index is -7.73. The van der Waals surface area contributed by atoms with E-state index in [1.165, 1.54) is 5.32 Å². The van der Waals surface area contributed by atoms with Gasteiger partial charge in [-0.05, 0) is 0 Å². The summed E-state index contributed by atoms with van der Waals surface area (Å²) in [5.74, 6) is -32.6. The molecule has 0 bridgehead atoms. The van der Waals surface area contributed by atoms with Crippen LogP contribution in [0, 0.1) is 0 Å². The topological polar surface area (TPSA) is 104 Å². The number of halogens is 11. The number of hydrogen-bond acceptors (Lipinski definition) is 4. The minimum Gasteiger partial charge on any atom is -0.386 e. The Kier molecular flexibility index (Phi) is 7.37. The molecular weight excluding hydrogens is 455 g/mol. The van der Waals surface area contributed by atoms with Crippen LogP contribution in [0.3, 0.4) is 0 Å². The Hall–Kier alpha value is -1.43. The van der Waals surface area contributed by atoms with Crippen molar-refractivity contribution in [2.24, 2.45) is 0 Å². The van der Waals surface area contributed by atoms with Crippen molar-refractivity contribution in [3.63, 3.8) is 0 Å². The lowest BCUT2D eigenvalue weighted by atomic mass is 9.93. The highest BCUT2D eigenvalue weighted by Crippen LogP contribution is 2.58. The molecule has 1 atom stereocenters. The van der Waals surface area contributed by atoms with Crippen LogP contribution in [0.1, 0.15) is 6.42 Å². The largest absolute Gasteiger partial charge is 0.460 e. The SMILES string of the molecule is O=C(CC(O)C(F)(F)C(F)(F)C(F)(F)C(F)(F)C(F)(F)F)NCCS(=O)(=O)O. The summed E-state index contributed by atoms with van der Waals surface area (Å²) >= 11 is 0. The molecule has 0 aromatic carbocycles. The van der Waals surface area contributed by atoms with Gasteiger partial charge in [0.15, 0.2) is 0 Å². The monoisotopic (exact) mass is 465 g/mol. The van der Waals surface area contributed by atoms with E-state index in [1.807, 2.05) is 0 Å². The van der Waals surface area contributed by atoms with Crippen LogP contribution >= 0.6 is 0 Å². The number of carbonyl (C=O) groups excluding carboxylic acids is 1. The molecule has 0 heterocycles. The van der Waals surface area contributed by atoms with Crippen molar-refractivity contribution in [2.75, 3.05) is 12.3 Å². The summed E-state index contributed by atoms with van der Waals surface area (Å²) in [5.41, 5.74) is 0. The second-order valence-corrected chi connectivity index (χ2v) is 6.77. The zero-order valence-electron chi connectivity index (χ0n) is 12.9. The van der Waals surface area contributed by atoms with Crippen LogP contribution in [0.15, 0.2) is 0 Å². The Morgan fingerprint density at radius 3 is 1.64 bits per heavy atom. The third-order valence-corrected chi connectivity index (χ3v) is 3.76. The molecule has 1 unspecified atom stereocenters. The third kappa shape index (κ3) is 5.13. The van der Waals surface area contributed by atoms with Gasteiger partial charge in [-0.3, -0.25) is 9.35 Å². The molecule has 3 N–H and O–H groups in total. The summed E-state index contributed by atoms with van der Waals surface area (Å²) in [6.45, 7) is -1.03. The summed E-state index contributed by atoms with van der Waals surface area (Å²) in [6.07, 6.45) is -13.8.